The predicted octanol–water partition coefficient (Wildman–Crippen LogP) is 2.88. The van der Waals surface area contributed by atoms with E-state index >= 15 is 0 Å². The Morgan fingerprint density at radius 3 is 2.33 bits per heavy atom. The lowest BCUT2D eigenvalue weighted by atomic mass is 10.0. The molecule has 100 valence electrons. The summed E-state index contributed by atoms with van der Waals surface area (Å²) < 4.78 is 63.1. The maximum absolute atomic E-state index is 12.7. The van der Waals surface area contributed by atoms with E-state index in [2.05, 4.69) is 4.98 Å². The number of nitrogens with two attached hydrogens (primary N) is 1. The van der Waals surface area contributed by atoms with Crippen molar-refractivity contribution in [1.29, 1.82) is 0 Å². The Kier molecular flexibility index (Phi) is 4.23. The molecule has 0 saturated heterocycles. The molecule has 0 aliphatic rings. The molecule has 0 aliphatic heterocycles. The maximum atomic E-state index is 12.7. The minimum atomic E-state index is -5.06. The predicted molar refractivity (Wildman–Crippen MR) is 52.3 cm³/mol. The maximum Gasteiger partial charge on any atom is 0.434 e. The second kappa shape index (κ2) is 5.15. The number of alkyl halides is 5. The SMILES string of the molecule is NCc1cnc(C(F)(F)F)c(C(=O)Cl)c1C(F)F. The van der Waals surface area contributed by atoms with E-state index in [-0.39, 0.29) is 5.56 Å². The average Bonchev–Trinajstić information content (AvgIpc) is 2.25. The van der Waals surface area contributed by atoms with Crippen molar-refractivity contribution in [3.05, 3.63) is 28.6 Å². The van der Waals surface area contributed by atoms with Gasteiger partial charge in [-0.05, 0) is 17.2 Å². The van der Waals surface area contributed by atoms with E-state index in [4.69, 9.17) is 17.3 Å². The van der Waals surface area contributed by atoms with Gasteiger partial charge in [-0.1, -0.05) is 0 Å². The second-order valence-corrected chi connectivity index (χ2v) is 3.54. The topological polar surface area (TPSA) is 56.0 Å². The Morgan fingerprint density at radius 2 is 2.00 bits per heavy atom. The van der Waals surface area contributed by atoms with Gasteiger partial charge in [0.1, 0.15) is 0 Å². The van der Waals surface area contributed by atoms with E-state index in [9.17, 15) is 26.7 Å². The molecule has 0 atom stereocenters. The number of carbonyl (C=O) groups excluding carboxylic acids is 1. The molecule has 1 aromatic heterocycles. The second-order valence-electron chi connectivity index (χ2n) is 3.20. The van der Waals surface area contributed by atoms with Crippen LogP contribution in [0.25, 0.3) is 0 Å². The number of hydrogen-bond donors (Lipinski definition) is 1. The van der Waals surface area contributed by atoms with Gasteiger partial charge in [0, 0.05) is 18.3 Å². The van der Waals surface area contributed by atoms with Crippen molar-refractivity contribution in [3.63, 3.8) is 0 Å². The molecule has 0 saturated carbocycles. The van der Waals surface area contributed by atoms with Crippen LogP contribution in [0.5, 0.6) is 0 Å². The summed E-state index contributed by atoms with van der Waals surface area (Å²) >= 11 is 4.94. The summed E-state index contributed by atoms with van der Waals surface area (Å²) in [5, 5.41) is -1.65. The Labute approximate surface area is 103 Å². The number of carbonyl (C=O) groups is 1. The monoisotopic (exact) mass is 288 g/mol. The van der Waals surface area contributed by atoms with Crippen molar-refractivity contribution < 1.29 is 26.7 Å². The van der Waals surface area contributed by atoms with Crippen LogP contribution in [0.3, 0.4) is 0 Å². The summed E-state index contributed by atoms with van der Waals surface area (Å²) in [6, 6.07) is 0. The van der Waals surface area contributed by atoms with Crippen molar-refractivity contribution in [2.45, 2.75) is 19.1 Å². The molecule has 0 unspecified atom stereocenters. The van der Waals surface area contributed by atoms with E-state index in [0.717, 1.165) is 0 Å². The lowest BCUT2D eigenvalue weighted by Crippen LogP contribution is -2.18. The molecule has 0 aromatic carbocycles. The normalized spacial score (nSPS) is 12.0. The van der Waals surface area contributed by atoms with Crippen LogP contribution in [0, 0.1) is 0 Å². The van der Waals surface area contributed by atoms with E-state index in [1.54, 1.807) is 0 Å². The van der Waals surface area contributed by atoms with Gasteiger partial charge in [-0.2, -0.15) is 13.2 Å². The molecule has 9 heteroatoms. The molecule has 1 heterocycles. The molecule has 0 radical (unpaired) electrons. The molecule has 0 fully saturated rings. The molecule has 0 bridgehead atoms. The molecule has 1 aromatic rings. The van der Waals surface area contributed by atoms with Crippen LogP contribution in [-0.4, -0.2) is 10.2 Å². The fourth-order valence-electron chi connectivity index (χ4n) is 1.39. The highest BCUT2D eigenvalue weighted by atomic mass is 35.5. The summed E-state index contributed by atoms with van der Waals surface area (Å²) in [5.74, 6) is 0. The largest absolute Gasteiger partial charge is 0.434 e. The van der Waals surface area contributed by atoms with Gasteiger partial charge in [0.05, 0.1) is 5.56 Å². The zero-order chi connectivity index (χ0) is 14.1. The van der Waals surface area contributed by atoms with Gasteiger partial charge in [-0.25, -0.2) is 8.78 Å². The van der Waals surface area contributed by atoms with Gasteiger partial charge in [-0.15, -0.1) is 0 Å². The first-order chi connectivity index (χ1) is 8.20. The lowest BCUT2D eigenvalue weighted by molar-refractivity contribution is -0.141. The van der Waals surface area contributed by atoms with Crippen molar-refractivity contribution in [1.82, 2.24) is 4.98 Å². The number of halogens is 6. The van der Waals surface area contributed by atoms with Crippen molar-refractivity contribution in [2.75, 3.05) is 0 Å². The third-order valence-corrected chi connectivity index (χ3v) is 2.29. The van der Waals surface area contributed by atoms with Gasteiger partial charge in [-0.3, -0.25) is 9.78 Å². The molecule has 1 rings (SSSR count). The van der Waals surface area contributed by atoms with Gasteiger partial charge in [0.2, 0.25) is 0 Å². The third-order valence-electron chi connectivity index (χ3n) is 2.10. The Bertz CT molecular complexity index is 475. The van der Waals surface area contributed by atoms with Gasteiger partial charge in [0.25, 0.3) is 11.7 Å². The third kappa shape index (κ3) is 2.75. The molecular formula is C9H6ClF5N2O. The van der Waals surface area contributed by atoms with Crippen molar-refractivity contribution in [2.24, 2.45) is 5.73 Å². The van der Waals surface area contributed by atoms with E-state index in [1.165, 1.54) is 0 Å². The Hall–Kier alpha value is -1.28. The van der Waals surface area contributed by atoms with Crippen molar-refractivity contribution in [3.8, 4) is 0 Å². The average molecular weight is 289 g/mol. The first-order valence-corrected chi connectivity index (χ1v) is 4.85. The van der Waals surface area contributed by atoms with Gasteiger partial charge >= 0.3 is 6.18 Å². The molecule has 18 heavy (non-hydrogen) atoms. The van der Waals surface area contributed by atoms with Crippen LogP contribution in [0.1, 0.15) is 33.6 Å². The first kappa shape index (κ1) is 14.8. The minimum Gasteiger partial charge on any atom is -0.326 e. The van der Waals surface area contributed by atoms with Crippen LogP contribution in [0.15, 0.2) is 6.20 Å². The van der Waals surface area contributed by atoms with Crippen LogP contribution < -0.4 is 5.73 Å². The van der Waals surface area contributed by atoms with Crippen LogP contribution in [0.4, 0.5) is 22.0 Å². The smallest absolute Gasteiger partial charge is 0.326 e. The highest BCUT2D eigenvalue weighted by Crippen LogP contribution is 2.37. The highest BCUT2D eigenvalue weighted by Gasteiger charge is 2.40. The number of aromatic nitrogens is 1. The number of rotatable bonds is 3. The lowest BCUT2D eigenvalue weighted by Gasteiger charge is -2.15. The van der Waals surface area contributed by atoms with Crippen LogP contribution in [0.2, 0.25) is 0 Å². The summed E-state index contributed by atoms with van der Waals surface area (Å²) in [6.45, 7) is -0.484. The van der Waals surface area contributed by atoms with Crippen LogP contribution >= 0.6 is 11.6 Å². The number of pyridine rings is 1. The summed E-state index contributed by atoms with van der Waals surface area (Å²) in [6.07, 6.45) is -7.81. The first-order valence-electron chi connectivity index (χ1n) is 4.47. The van der Waals surface area contributed by atoms with Gasteiger partial charge in [0.15, 0.2) is 5.69 Å². The summed E-state index contributed by atoms with van der Waals surface area (Å²) in [4.78, 5) is 13.9. The highest BCUT2D eigenvalue weighted by molar-refractivity contribution is 6.68. The molecule has 3 nitrogen and oxygen atoms in total. The minimum absolute atomic E-state index is 0.359. The number of nitrogens with zero attached hydrogens (tertiary/aromatic N) is 1. The van der Waals surface area contributed by atoms with Crippen LogP contribution in [-0.2, 0) is 12.7 Å². The number of hydrogen-bond acceptors (Lipinski definition) is 3. The fourth-order valence-corrected chi connectivity index (χ4v) is 1.58. The molecule has 0 aliphatic carbocycles. The standard InChI is InChI=1S/C9H6ClF5N2O/c10-7(18)5-4(8(11)12)3(1-16)2-17-6(5)9(13,14)15/h2,8H,1,16H2. The zero-order valence-corrected chi connectivity index (χ0v) is 9.32. The van der Waals surface area contributed by atoms with E-state index < -0.39 is 41.2 Å². The molecular weight excluding hydrogens is 283 g/mol. The summed E-state index contributed by atoms with van der Waals surface area (Å²) in [7, 11) is 0. The van der Waals surface area contributed by atoms with Gasteiger partial charge < -0.3 is 5.73 Å². The summed E-state index contributed by atoms with van der Waals surface area (Å²) in [5.41, 5.74) is 0.537. The van der Waals surface area contributed by atoms with E-state index in [1.807, 2.05) is 0 Å². The van der Waals surface area contributed by atoms with Crippen molar-refractivity contribution >= 4 is 16.8 Å². The molecule has 0 amide bonds. The molecule has 0 spiro atoms. The quantitative estimate of drug-likeness (QED) is 0.687. The fraction of sp³-hybridized carbons (Fsp3) is 0.333. The Balaban J connectivity index is 3.68. The molecule has 2 N–H and O–H groups in total. The Morgan fingerprint density at radius 1 is 1.44 bits per heavy atom. The van der Waals surface area contributed by atoms with E-state index in [0.29, 0.717) is 6.20 Å². The zero-order valence-electron chi connectivity index (χ0n) is 8.56.